The molecule has 3 nitrogen and oxygen atoms in total. The maximum atomic E-state index is 11.5. The van der Waals surface area contributed by atoms with Crippen LogP contribution in [-0.4, -0.2) is 37.9 Å². The lowest BCUT2D eigenvalue weighted by molar-refractivity contribution is -0.116. The van der Waals surface area contributed by atoms with Gasteiger partial charge < -0.3 is 9.64 Å². The third kappa shape index (κ3) is 3.59. The highest BCUT2D eigenvalue weighted by Gasteiger charge is 2.12. The lowest BCUT2D eigenvalue weighted by Gasteiger charge is -2.13. The van der Waals surface area contributed by atoms with Crippen LogP contribution >= 0.6 is 0 Å². The minimum atomic E-state index is 0.230. The van der Waals surface area contributed by atoms with Gasteiger partial charge in [-0.05, 0) is 26.9 Å². The number of nitrogens with zero attached hydrogens (tertiary/aromatic N) is 1. The number of ether oxygens (including phenoxy) is 1. The molecule has 0 fully saturated rings. The molecule has 3 heteroatoms. The zero-order valence-electron chi connectivity index (χ0n) is 8.38. The third-order valence-electron chi connectivity index (χ3n) is 2.08. The van der Waals surface area contributed by atoms with Gasteiger partial charge in [-0.25, -0.2) is 0 Å². The zero-order valence-corrected chi connectivity index (χ0v) is 8.38. The summed E-state index contributed by atoms with van der Waals surface area (Å²) >= 11 is 0. The van der Waals surface area contributed by atoms with Crippen molar-refractivity contribution in [2.24, 2.45) is 0 Å². The highest BCUT2D eigenvalue weighted by atomic mass is 16.5. The van der Waals surface area contributed by atoms with Gasteiger partial charge in [-0.3, -0.25) is 4.79 Å². The number of ketones is 1. The topological polar surface area (TPSA) is 29.5 Å². The third-order valence-corrected chi connectivity index (χ3v) is 2.08. The minimum absolute atomic E-state index is 0.230. The summed E-state index contributed by atoms with van der Waals surface area (Å²) < 4.78 is 5.11. The smallest absolute Gasteiger partial charge is 0.163 e. The van der Waals surface area contributed by atoms with Crippen LogP contribution in [0.4, 0.5) is 0 Å². The van der Waals surface area contributed by atoms with E-state index in [1.54, 1.807) is 6.26 Å². The Kier molecular flexibility index (Phi) is 3.96. The maximum Gasteiger partial charge on any atom is 0.163 e. The number of carbonyl (C=O) groups is 1. The molecule has 74 valence electrons. The summed E-state index contributed by atoms with van der Waals surface area (Å²) in [5.41, 5.74) is 0.855. The molecule has 0 unspecified atom stereocenters. The van der Waals surface area contributed by atoms with Gasteiger partial charge in [-0.2, -0.15) is 0 Å². The van der Waals surface area contributed by atoms with Crippen LogP contribution in [0.15, 0.2) is 11.8 Å². The summed E-state index contributed by atoms with van der Waals surface area (Å²) in [6.45, 7) is 1.57. The first kappa shape index (κ1) is 10.3. The molecule has 0 N–H and O–H groups in total. The van der Waals surface area contributed by atoms with Crippen molar-refractivity contribution < 1.29 is 9.53 Å². The second kappa shape index (κ2) is 5.02. The van der Waals surface area contributed by atoms with E-state index in [0.29, 0.717) is 6.42 Å². The zero-order chi connectivity index (χ0) is 9.68. The molecule has 0 atom stereocenters. The van der Waals surface area contributed by atoms with Crippen molar-refractivity contribution in [3.8, 4) is 0 Å². The monoisotopic (exact) mass is 183 g/mol. The van der Waals surface area contributed by atoms with Gasteiger partial charge in [-0.1, -0.05) is 0 Å². The first-order valence-electron chi connectivity index (χ1n) is 4.68. The number of Topliss-reactive ketones (excluding diaryl/α,β-unsaturated/α-hetero) is 1. The van der Waals surface area contributed by atoms with Gasteiger partial charge in [0, 0.05) is 18.5 Å². The second-order valence-corrected chi connectivity index (χ2v) is 3.59. The fourth-order valence-corrected chi connectivity index (χ4v) is 1.26. The van der Waals surface area contributed by atoms with Crippen LogP contribution in [0.25, 0.3) is 0 Å². The molecule has 0 amide bonds. The van der Waals surface area contributed by atoms with Crippen molar-refractivity contribution in [1.29, 1.82) is 0 Å². The Balaban J connectivity index is 2.34. The van der Waals surface area contributed by atoms with Gasteiger partial charge in [0.2, 0.25) is 0 Å². The molecule has 1 heterocycles. The van der Waals surface area contributed by atoms with E-state index in [-0.39, 0.29) is 5.78 Å². The minimum Gasteiger partial charge on any atom is -0.501 e. The van der Waals surface area contributed by atoms with Crippen molar-refractivity contribution in [1.82, 2.24) is 4.90 Å². The van der Waals surface area contributed by atoms with E-state index in [1.165, 1.54) is 0 Å². The molecule has 13 heavy (non-hydrogen) atoms. The quantitative estimate of drug-likeness (QED) is 0.656. The molecule has 0 saturated carbocycles. The fraction of sp³-hybridized carbons (Fsp3) is 0.700. The molecule has 0 bridgehead atoms. The van der Waals surface area contributed by atoms with Crippen LogP contribution in [-0.2, 0) is 9.53 Å². The average Bonchev–Trinajstić information content (AvgIpc) is 2.15. The SMILES string of the molecule is CN(C)CCC(=O)C1=COCCC1. The first-order chi connectivity index (χ1) is 6.20. The van der Waals surface area contributed by atoms with Crippen molar-refractivity contribution in [3.05, 3.63) is 11.8 Å². The summed E-state index contributed by atoms with van der Waals surface area (Å²) in [7, 11) is 3.94. The highest BCUT2D eigenvalue weighted by Crippen LogP contribution is 2.13. The summed E-state index contributed by atoms with van der Waals surface area (Å²) in [6, 6.07) is 0. The van der Waals surface area contributed by atoms with Crippen molar-refractivity contribution in [3.63, 3.8) is 0 Å². The van der Waals surface area contributed by atoms with Crippen LogP contribution in [0.3, 0.4) is 0 Å². The molecule has 0 spiro atoms. The van der Waals surface area contributed by atoms with Gasteiger partial charge in [0.15, 0.2) is 5.78 Å². The predicted molar refractivity (Wildman–Crippen MR) is 51.4 cm³/mol. The van der Waals surface area contributed by atoms with Crippen LogP contribution in [0.5, 0.6) is 0 Å². The molecule has 0 radical (unpaired) electrons. The Morgan fingerprint density at radius 2 is 2.38 bits per heavy atom. The Morgan fingerprint density at radius 1 is 1.62 bits per heavy atom. The fourth-order valence-electron chi connectivity index (χ4n) is 1.26. The normalized spacial score (nSPS) is 16.7. The van der Waals surface area contributed by atoms with E-state index >= 15 is 0 Å². The highest BCUT2D eigenvalue weighted by molar-refractivity contribution is 5.95. The Morgan fingerprint density at radius 3 is 2.92 bits per heavy atom. The number of hydrogen-bond acceptors (Lipinski definition) is 3. The van der Waals surface area contributed by atoms with Crippen LogP contribution in [0, 0.1) is 0 Å². The van der Waals surface area contributed by atoms with E-state index in [2.05, 4.69) is 0 Å². The second-order valence-electron chi connectivity index (χ2n) is 3.59. The maximum absolute atomic E-state index is 11.5. The van der Waals surface area contributed by atoms with Gasteiger partial charge in [-0.15, -0.1) is 0 Å². The molecule has 0 saturated heterocycles. The van der Waals surface area contributed by atoms with Gasteiger partial charge in [0.1, 0.15) is 0 Å². The Bertz CT molecular complexity index is 209. The standard InChI is InChI=1S/C10H17NO2/c1-11(2)6-5-10(12)9-4-3-7-13-8-9/h8H,3-7H2,1-2H3. The summed E-state index contributed by atoms with van der Waals surface area (Å²) in [6.07, 6.45) is 4.08. The van der Waals surface area contributed by atoms with E-state index in [4.69, 9.17) is 4.74 Å². The lowest BCUT2D eigenvalue weighted by atomic mass is 10.0. The summed E-state index contributed by atoms with van der Waals surface area (Å²) in [5, 5.41) is 0. The molecule has 1 rings (SSSR count). The number of allylic oxidation sites excluding steroid dienone is 1. The predicted octanol–water partition coefficient (Wildman–Crippen LogP) is 1.20. The Hall–Kier alpha value is -0.830. The van der Waals surface area contributed by atoms with Crippen molar-refractivity contribution in [2.75, 3.05) is 27.2 Å². The van der Waals surface area contributed by atoms with Crippen LogP contribution in [0.1, 0.15) is 19.3 Å². The molecule has 0 aromatic heterocycles. The summed E-state index contributed by atoms with van der Waals surface area (Å²) in [4.78, 5) is 13.5. The van der Waals surface area contributed by atoms with E-state index < -0.39 is 0 Å². The largest absolute Gasteiger partial charge is 0.501 e. The molecular formula is C10H17NO2. The molecule has 0 aromatic carbocycles. The van der Waals surface area contributed by atoms with Crippen LogP contribution < -0.4 is 0 Å². The van der Waals surface area contributed by atoms with E-state index in [0.717, 1.165) is 31.6 Å². The van der Waals surface area contributed by atoms with Crippen molar-refractivity contribution in [2.45, 2.75) is 19.3 Å². The first-order valence-corrected chi connectivity index (χ1v) is 4.68. The molecule has 0 aliphatic carbocycles. The molecule has 1 aliphatic rings. The molecule has 0 aromatic rings. The number of hydrogen-bond donors (Lipinski definition) is 0. The van der Waals surface area contributed by atoms with E-state index in [1.807, 2.05) is 19.0 Å². The number of rotatable bonds is 4. The average molecular weight is 183 g/mol. The summed E-state index contributed by atoms with van der Waals surface area (Å²) in [5.74, 6) is 0.230. The molecular weight excluding hydrogens is 166 g/mol. The van der Waals surface area contributed by atoms with Gasteiger partial charge >= 0.3 is 0 Å². The number of carbonyl (C=O) groups excluding carboxylic acids is 1. The van der Waals surface area contributed by atoms with E-state index in [9.17, 15) is 4.79 Å². The Labute approximate surface area is 79.4 Å². The molecule has 1 aliphatic heterocycles. The van der Waals surface area contributed by atoms with Crippen molar-refractivity contribution >= 4 is 5.78 Å². The lowest BCUT2D eigenvalue weighted by Crippen LogP contribution is -2.18. The van der Waals surface area contributed by atoms with Gasteiger partial charge in [0.05, 0.1) is 12.9 Å². The van der Waals surface area contributed by atoms with Gasteiger partial charge in [0.25, 0.3) is 0 Å². The van der Waals surface area contributed by atoms with Crippen LogP contribution in [0.2, 0.25) is 0 Å².